The molecule has 0 bridgehead atoms. The molecule has 3 rings (SSSR count). The number of ether oxygens (including phenoxy) is 2. The first-order valence-corrected chi connectivity index (χ1v) is 10.1. The number of carbonyl (C=O) groups excluding carboxylic acids is 2. The lowest BCUT2D eigenvalue weighted by Crippen LogP contribution is -2.18. The molecule has 3 aromatic carbocycles. The SMILES string of the molecule is COc1cc(C=NNC(=O)c2cccc(NC(C)=O)c2)ccc1OCc1ccc(Cl)cc1. The van der Waals surface area contributed by atoms with Crippen molar-refractivity contribution in [3.05, 3.63) is 88.4 Å². The highest BCUT2D eigenvalue weighted by atomic mass is 35.5. The lowest BCUT2D eigenvalue weighted by Gasteiger charge is -2.11. The van der Waals surface area contributed by atoms with Crippen LogP contribution in [0.1, 0.15) is 28.4 Å². The monoisotopic (exact) mass is 451 g/mol. The third kappa shape index (κ3) is 6.58. The fourth-order valence-electron chi connectivity index (χ4n) is 2.80. The van der Waals surface area contributed by atoms with E-state index in [4.69, 9.17) is 21.1 Å². The van der Waals surface area contributed by atoms with Gasteiger partial charge in [-0.3, -0.25) is 9.59 Å². The first-order valence-electron chi connectivity index (χ1n) is 9.71. The zero-order valence-corrected chi connectivity index (χ0v) is 18.3. The highest BCUT2D eigenvalue weighted by Gasteiger charge is 2.08. The minimum atomic E-state index is -0.400. The van der Waals surface area contributed by atoms with Gasteiger partial charge in [0.2, 0.25) is 5.91 Å². The Kier molecular flexibility index (Phi) is 7.83. The van der Waals surface area contributed by atoms with Gasteiger partial charge in [0.25, 0.3) is 5.91 Å². The Morgan fingerprint density at radius 2 is 1.81 bits per heavy atom. The van der Waals surface area contributed by atoms with Crippen molar-refractivity contribution in [3.63, 3.8) is 0 Å². The molecule has 2 amide bonds. The number of carbonyl (C=O) groups is 2. The molecule has 0 spiro atoms. The van der Waals surface area contributed by atoms with Crippen molar-refractivity contribution in [3.8, 4) is 11.5 Å². The zero-order chi connectivity index (χ0) is 22.9. The highest BCUT2D eigenvalue weighted by molar-refractivity contribution is 6.30. The molecule has 0 radical (unpaired) electrons. The molecule has 8 heteroatoms. The van der Waals surface area contributed by atoms with E-state index in [1.54, 1.807) is 61.7 Å². The van der Waals surface area contributed by atoms with E-state index in [2.05, 4.69) is 15.8 Å². The van der Waals surface area contributed by atoms with Gasteiger partial charge in [0.05, 0.1) is 13.3 Å². The van der Waals surface area contributed by atoms with E-state index in [9.17, 15) is 9.59 Å². The molecule has 2 N–H and O–H groups in total. The maximum absolute atomic E-state index is 12.3. The number of nitrogens with zero attached hydrogens (tertiary/aromatic N) is 1. The van der Waals surface area contributed by atoms with E-state index in [1.165, 1.54) is 13.1 Å². The molecule has 0 aromatic heterocycles. The van der Waals surface area contributed by atoms with Crippen LogP contribution in [0.4, 0.5) is 5.69 Å². The first kappa shape index (κ1) is 22.8. The van der Waals surface area contributed by atoms with Gasteiger partial charge < -0.3 is 14.8 Å². The summed E-state index contributed by atoms with van der Waals surface area (Å²) in [5.41, 5.74) is 5.07. The van der Waals surface area contributed by atoms with Crippen molar-refractivity contribution >= 4 is 35.3 Å². The molecule has 0 fully saturated rings. The van der Waals surface area contributed by atoms with Crippen LogP contribution in [0.15, 0.2) is 71.8 Å². The number of rotatable bonds is 8. The van der Waals surface area contributed by atoms with Crippen LogP contribution in [0.3, 0.4) is 0 Å². The van der Waals surface area contributed by atoms with E-state index in [0.29, 0.717) is 39.9 Å². The van der Waals surface area contributed by atoms with Gasteiger partial charge in [-0.05, 0) is 59.7 Å². The molecule has 32 heavy (non-hydrogen) atoms. The molecule has 0 heterocycles. The summed E-state index contributed by atoms with van der Waals surface area (Å²) >= 11 is 5.90. The molecule has 0 saturated heterocycles. The van der Waals surface area contributed by atoms with Crippen molar-refractivity contribution in [1.29, 1.82) is 0 Å². The van der Waals surface area contributed by atoms with Gasteiger partial charge in [0, 0.05) is 23.2 Å². The van der Waals surface area contributed by atoms with Crippen LogP contribution in [0.5, 0.6) is 11.5 Å². The fraction of sp³-hybridized carbons (Fsp3) is 0.125. The molecule has 7 nitrogen and oxygen atoms in total. The van der Waals surface area contributed by atoms with Crippen LogP contribution < -0.4 is 20.2 Å². The summed E-state index contributed by atoms with van der Waals surface area (Å²) in [6.45, 7) is 1.77. The number of hydrogen-bond donors (Lipinski definition) is 2. The van der Waals surface area contributed by atoms with Crippen molar-refractivity contribution in [1.82, 2.24) is 5.43 Å². The largest absolute Gasteiger partial charge is 0.493 e. The van der Waals surface area contributed by atoms with Crippen molar-refractivity contribution in [2.75, 3.05) is 12.4 Å². The minimum Gasteiger partial charge on any atom is -0.493 e. The predicted molar refractivity (Wildman–Crippen MR) is 125 cm³/mol. The molecule has 3 aromatic rings. The standard InChI is InChI=1S/C24H22ClN3O4/c1-16(29)27-21-5-3-4-19(13-21)24(30)28-26-14-18-8-11-22(23(12-18)31-2)32-15-17-6-9-20(25)10-7-17/h3-14H,15H2,1-2H3,(H,27,29)(H,28,30). The fourth-order valence-corrected chi connectivity index (χ4v) is 2.92. The topological polar surface area (TPSA) is 89.0 Å². The van der Waals surface area contributed by atoms with Gasteiger partial charge in [-0.15, -0.1) is 0 Å². The third-order valence-corrected chi connectivity index (χ3v) is 4.57. The number of halogens is 1. The lowest BCUT2D eigenvalue weighted by molar-refractivity contribution is -0.114. The maximum atomic E-state index is 12.3. The summed E-state index contributed by atoms with van der Waals surface area (Å²) in [5.74, 6) is 0.508. The van der Waals surface area contributed by atoms with Crippen molar-refractivity contribution < 1.29 is 19.1 Å². The quantitative estimate of drug-likeness (QED) is 0.385. The molecule has 164 valence electrons. The summed E-state index contributed by atoms with van der Waals surface area (Å²) in [5, 5.41) is 7.30. The summed E-state index contributed by atoms with van der Waals surface area (Å²) in [6, 6.07) is 19.3. The maximum Gasteiger partial charge on any atom is 0.271 e. The second-order valence-corrected chi connectivity index (χ2v) is 7.22. The highest BCUT2D eigenvalue weighted by Crippen LogP contribution is 2.28. The van der Waals surface area contributed by atoms with E-state index in [-0.39, 0.29) is 5.91 Å². The third-order valence-electron chi connectivity index (χ3n) is 4.32. The molecule has 0 aliphatic rings. The van der Waals surface area contributed by atoms with E-state index >= 15 is 0 Å². The van der Waals surface area contributed by atoms with E-state index < -0.39 is 5.91 Å². The molecule has 0 aliphatic carbocycles. The summed E-state index contributed by atoms with van der Waals surface area (Å²) in [4.78, 5) is 23.5. The van der Waals surface area contributed by atoms with Crippen LogP contribution in [0.25, 0.3) is 0 Å². The lowest BCUT2D eigenvalue weighted by atomic mass is 10.2. The normalized spacial score (nSPS) is 10.6. The Labute approximate surface area is 191 Å². The summed E-state index contributed by atoms with van der Waals surface area (Å²) < 4.78 is 11.2. The van der Waals surface area contributed by atoms with Gasteiger partial charge in [-0.25, -0.2) is 5.43 Å². The Hall–Kier alpha value is -3.84. The smallest absolute Gasteiger partial charge is 0.271 e. The second kappa shape index (κ2) is 11.0. The summed E-state index contributed by atoms with van der Waals surface area (Å²) in [7, 11) is 1.55. The summed E-state index contributed by atoms with van der Waals surface area (Å²) in [6.07, 6.45) is 1.50. The molecule has 0 unspecified atom stereocenters. The van der Waals surface area contributed by atoms with E-state index in [1.807, 2.05) is 12.1 Å². The van der Waals surface area contributed by atoms with Crippen LogP contribution >= 0.6 is 11.6 Å². The zero-order valence-electron chi connectivity index (χ0n) is 17.6. The van der Waals surface area contributed by atoms with E-state index in [0.717, 1.165) is 5.56 Å². The Bertz CT molecular complexity index is 1130. The average Bonchev–Trinajstić information content (AvgIpc) is 2.78. The van der Waals surface area contributed by atoms with Crippen LogP contribution in [-0.4, -0.2) is 25.1 Å². The number of anilines is 1. The number of amides is 2. The van der Waals surface area contributed by atoms with Gasteiger partial charge in [0.15, 0.2) is 11.5 Å². The Morgan fingerprint density at radius 1 is 1.03 bits per heavy atom. The Morgan fingerprint density at radius 3 is 2.53 bits per heavy atom. The van der Waals surface area contributed by atoms with Crippen LogP contribution in [-0.2, 0) is 11.4 Å². The molecule has 0 aliphatic heterocycles. The van der Waals surface area contributed by atoms with Crippen molar-refractivity contribution in [2.24, 2.45) is 5.10 Å². The first-order chi connectivity index (χ1) is 15.4. The molecular weight excluding hydrogens is 430 g/mol. The number of hydrazone groups is 1. The van der Waals surface area contributed by atoms with Gasteiger partial charge in [-0.2, -0.15) is 5.10 Å². The van der Waals surface area contributed by atoms with Crippen LogP contribution in [0.2, 0.25) is 5.02 Å². The average molecular weight is 452 g/mol. The number of methoxy groups -OCH3 is 1. The molecule has 0 saturated carbocycles. The van der Waals surface area contributed by atoms with Gasteiger partial charge >= 0.3 is 0 Å². The van der Waals surface area contributed by atoms with Crippen LogP contribution in [0, 0.1) is 0 Å². The van der Waals surface area contributed by atoms with Crippen molar-refractivity contribution in [2.45, 2.75) is 13.5 Å². The molecule has 0 atom stereocenters. The number of benzene rings is 3. The minimum absolute atomic E-state index is 0.213. The molecular formula is C24H22ClN3O4. The van der Waals surface area contributed by atoms with Gasteiger partial charge in [0.1, 0.15) is 6.61 Å². The predicted octanol–water partition coefficient (Wildman–Crippen LogP) is 4.65. The second-order valence-electron chi connectivity index (χ2n) is 6.79. The van der Waals surface area contributed by atoms with Gasteiger partial charge in [-0.1, -0.05) is 29.8 Å². The Balaban J connectivity index is 1.61. The number of hydrogen-bond acceptors (Lipinski definition) is 5. The number of nitrogens with one attached hydrogen (secondary N) is 2.